The van der Waals surface area contributed by atoms with Crippen LogP contribution in [0.1, 0.15) is 13.3 Å². The zero-order valence-electron chi connectivity index (χ0n) is 8.74. The summed E-state index contributed by atoms with van der Waals surface area (Å²) in [5.41, 5.74) is 0. The molecule has 2 nitrogen and oxygen atoms in total. The maximum atomic E-state index is 5.51. The Kier molecular flexibility index (Phi) is 6.11. The Morgan fingerprint density at radius 3 is 2.64 bits per heavy atom. The second-order valence-corrected chi connectivity index (χ2v) is 4.65. The molecule has 0 spiro atoms. The zero-order chi connectivity index (χ0) is 10.1. The van der Waals surface area contributed by atoms with E-state index in [0.29, 0.717) is 6.61 Å². The zero-order valence-corrected chi connectivity index (χ0v) is 10.2. The summed E-state index contributed by atoms with van der Waals surface area (Å²) >= 11 is 0. The number of hydrogen-bond acceptors (Lipinski definition) is 2. The monoisotopic (exact) mass is 210 g/mol. The van der Waals surface area contributed by atoms with Crippen molar-refractivity contribution in [2.24, 2.45) is 0 Å². The van der Waals surface area contributed by atoms with Crippen molar-refractivity contribution in [3.8, 4) is 5.75 Å². The van der Waals surface area contributed by atoms with Crippen LogP contribution in [0.3, 0.4) is 0 Å². The highest BCUT2D eigenvalue weighted by Crippen LogP contribution is 2.07. The van der Waals surface area contributed by atoms with Crippen LogP contribution in [0.4, 0.5) is 0 Å². The first-order valence-corrected chi connectivity index (χ1v) is 6.77. The Labute approximate surface area is 88.2 Å². The largest absolute Gasteiger partial charge is 0.491 e. The van der Waals surface area contributed by atoms with Gasteiger partial charge < -0.3 is 9.16 Å². The van der Waals surface area contributed by atoms with Crippen molar-refractivity contribution in [3.05, 3.63) is 30.3 Å². The molecule has 78 valence electrons. The molecule has 0 amide bonds. The Bertz CT molecular complexity index is 226. The highest BCUT2D eigenvalue weighted by Gasteiger charge is 1.91. The molecule has 0 fully saturated rings. The van der Waals surface area contributed by atoms with Crippen LogP contribution in [-0.4, -0.2) is 23.0 Å². The summed E-state index contributed by atoms with van der Waals surface area (Å²) in [4.78, 5) is 0. The van der Waals surface area contributed by atoms with Crippen LogP contribution < -0.4 is 4.74 Å². The maximum Gasteiger partial charge on any atom is 0.161 e. The Balaban J connectivity index is 1.99. The molecule has 0 bridgehead atoms. The summed E-state index contributed by atoms with van der Waals surface area (Å²) in [5.74, 6) is 0.924. The van der Waals surface area contributed by atoms with E-state index in [1.165, 1.54) is 12.5 Å². The summed E-state index contributed by atoms with van der Waals surface area (Å²) in [6.07, 6.45) is 1.24. The summed E-state index contributed by atoms with van der Waals surface area (Å²) in [5, 5.41) is 0. The van der Waals surface area contributed by atoms with Crippen LogP contribution in [0.5, 0.6) is 5.75 Å². The van der Waals surface area contributed by atoms with Gasteiger partial charge in [0.05, 0.1) is 6.61 Å². The summed E-state index contributed by atoms with van der Waals surface area (Å²) < 4.78 is 11.0. The van der Waals surface area contributed by atoms with Gasteiger partial charge in [-0.2, -0.15) is 0 Å². The van der Waals surface area contributed by atoms with Crippen LogP contribution in [0.25, 0.3) is 0 Å². The first kappa shape index (κ1) is 11.3. The molecule has 0 radical (unpaired) electrons. The molecule has 0 atom stereocenters. The number of hydrogen-bond donors (Lipinski definition) is 0. The minimum atomic E-state index is -0.269. The van der Waals surface area contributed by atoms with Crippen molar-refractivity contribution in [2.75, 3.05) is 13.2 Å². The Morgan fingerprint density at radius 2 is 1.93 bits per heavy atom. The van der Waals surface area contributed by atoms with Gasteiger partial charge >= 0.3 is 0 Å². The average molecular weight is 210 g/mol. The Hall–Kier alpha value is -0.803. The van der Waals surface area contributed by atoms with E-state index in [-0.39, 0.29) is 9.76 Å². The maximum absolute atomic E-state index is 5.51. The van der Waals surface area contributed by atoms with Gasteiger partial charge in [-0.1, -0.05) is 31.5 Å². The molecule has 0 aliphatic rings. The van der Waals surface area contributed by atoms with Gasteiger partial charge in [0.15, 0.2) is 9.76 Å². The van der Waals surface area contributed by atoms with E-state index in [1.54, 1.807) is 0 Å². The van der Waals surface area contributed by atoms with Gasteiger partial charge in [0.25, 0.3) is 0 Å². The van der Waals surface area contributed by atoms with Gasteiger partial charge in [-0.15, -0.1) is 0 Å². The molecule has 0 aliphatic heterocycles. The van der Waals surface area contributed by atoms with Gasteiger partial charge in [0, 0.05) is 0 Å². The summed E-state index contributed by atoms with van der Waals surface area (Å²) in [6.45, 7) is 3.60. The molecule has 0 heterocycles. The van der Waals surface area contributed by atoms with Gasteiger partial charge in [-0.25, -0.2) is 0 Å². The lowest BCUT2D eigenvalue weighted by molar-refractivity contribution is 0.223. The molecule has 14 heavy (non-hydrogen) atoms. The highest BCUT2D eigenvalue weighted by molar-refractivity contribution is 6.26. The quantitative estimate of drug-likeness (QED) is 0.506. The lowest BCUT2D eigenvalue weighted by atomic mass is 10.3. The molecular weight excluding hydrogens is 192 g/mol. The molecule has 1 rings (SSSR count). The normalized spacial score (nSPS) is 10.9. The van der Waals surface area contributed by atoms with E-state index in [2.05, 4.69) is 6.92 Å². The predicted molar refractivity (Wildman–Crippen MR) is 61.5 cm³/mol. The van der Waals surface area contributed by atoms with Crippen molar-refractivity contribution in [3.63, 3.8) is 0 Å². The van der Waals surface area contributed by atoms with Crippen LogP contribution in [0.2, 0.25) is 6.04 Å². The lowest BCUT2D eigenvalue weighted by Crippen LogP contribution is -2.08. The van der Waals surface area contributed by atoms with Crippen molar-refractivity contribution in [1.82, 2.24) is 0 Å². The number of benzene rings is 1. The van der Waals surface area contributed by atoms with Crippen LogP contribution in [0, 0.1) is 0 Å². The van der Waals surface area contributed by atoms with E-state index < -0.39 is 0 Å². The molecule has 1 aromatic carbocycles. The topological polar surface area (TPSA) is 18.5 Å². The number of rotatable bonds is 7. The molecule has 3 heteroatoms. The molecule has 0 N–H and O–H groups in total. The predicted octanol–water partition coefficient (Wildman–Crippen LogP) is 1.99. The summed E-state index contributed by atoms with van der Waals surface area (Å²) in [6, 6.07) is 11.1. The SMILES string of the molecule is CCC[SiH2]OCCOc1ccccc1. The first-order valence-electron chi connectivity index (χ1n) is 5.19. The van der Waals surface area contributed by atoms with Crippen LogP contribution in [-0.2, 0) is 4.43 Å². The second-order valence-electron chi connectivity index (χ2n) is 3.13. The molecular formula is C11H18O2Si. The smallest absolute Gasteiger partial charge is 0.161 e. The van der Waals surface area contributed by atoms with Crippen molar-refractivity contribution >= 4 is 9.76 Å². The molecule has 0 saturated carbocycles. The molecule has 1 aromatic rings. The standard InChI is InChI=1S/C11H18O2Si/c1-2-10-14-13-9-8-12-11-6-4-3-5-7-11/h3-7H,2,8-10,14H2,1H3. The fraction of sp³-hybridized carbons (Fsp3) is 0.455. The Morgan fingerprint density at radius 1 is 1.14 bits per heavy atom. The first-order chi connectivity index (χ1) is 6.93. The van der Waals surface area contributed by atoms with E-state index in [4.69, 9.17) is 9.16 Å². The summed E-state index contributed by atoms with van der Waals surface area (Å²) in [7, 11) is -0.269. The number of para-hydroxylation sites is 1. The van der Waals surface area contributed by atoms with E-state index in [9.17, 15) is 0 Å². The van der Waals surface area contributed by atoms with Crippen molar-refractivity contribution in [2.45, 2.75) is 19.4 Å². The van der Waals surface area contributed by atoms with E-state index in [1.807, 2.05) is 30.3 Å². The fourth-order valence-corrected chi connectivity index (χ4v) is 1.90. The third-order valence-corrected chi connectivity index (χ3v) is 3.45. The van der Waals surface area contributed by atoms with Gasteiger partial charge in [-0.05, 0) is 18.2 Å². The minimum absolute atomic E-state index is 0.269. The van der Waals surface area contributed by atoms with E-state index >= 15 is 0 Å². The van der Waals surface area contributed by atoms with Gasteiger partial charge in [0.2, 0.25) is 0 Å². The van der Waals surface area contributed by atoms with Crippen molar-refractivity contribution in [1.29, 1.82) is 0 Å². The third kappa shape index (κ3) is 5.04. The molecule has 0 aliphatic carbocycles. The van der Waals surface area contributed by atoms with Gasteiger partial charge in [-0.3, -0.25) is 0 Å². The minimum Gasteiger partial charge on any atom is -0.491 e. The lowest BCUT2D eigenvalue weighted by Gasteiger charge is -2.06. The average Bonchev–Trinajstić information content (AvgIpc) is 2.25. The number of ether oxygens (including phenoxy) is 1. The molecule has 0 saturated heterocycles. The van der Waals surface area contributed by atoms with E-state index in [0.717, 1.165) is 12.4 Å². The van der Waals surface area contributed by atoms with Crippen LogP contribution in [0.15, 0.2) is 30.3 Å². The van der Waals surface area contributed by atoms with Crippen LogP contribution >= 0.6 is 0 Å². The molecule has 0 unspecified atom stereocenters. The highest BCUT2D eigenvalue weighted by atomic mass is 28.2. The molecule has 0 aromatic heterocycles. The third-order valence-electron chi connectivity index (χ3n) is 1.88. The van der Waals surface area contributed by atoms with Crippen molar-refractivity contribution < 1.29 is 9.16 Å². The fourth-order valence-electron chi connectivity index (χ4n) is 1.08. The van der Waals surface area contributed by atoms with Gasteiger partial charge in [0.1, 0.15) is 12.4 Å². The second kappa shape index (κ2) is 7.59.